The average Bonchev–Trinajstić information content (AvgIpc) is 2.09. The number of hydrogen-bond acceptors (Lipinski definition) is 2. The normalized spacial score (nSPS) is 9.85. The molecule has 0 amide bonds. The highest BCUT2D eigenvalue weighted by molar-refractivity contribution is 5.84. The standard InChI is InChI=1S/C11H24N2/c1-5-7-9-11(10-8-6-2)12-13(3)4/h5-10H2,1-4H3. The van der Waals surface area contributed by atoms with Gasteiger partial charge in [-0.05, 0) is 25.7 Å². The van der Waals surface area contributed by atoms with E-state index in [9.17, 15) is 0 Å². The summed E-state index contributed by atoms with van der Waals surface area (Å²) in [5.41, 5.74) is 1.37. The maximum atomic E-state index is 4.50. The zero-order valence-electron chi connectivity index (χ0n) is 9.64. The Morgan fingerprint density at radius 3 is 1.77 bits per heavy atom. The molecule has 0 aromatic rings. The van der Waals surface area contributed by atoms with E-state index in [1.807, 2.05) is 19.1 Å². The van der Waals surface area contributed by atoms with Gasteiger partial charge in [0.1, 0.15) is 0 Å². The predicted molar refractivity (Wildman–Crippen MR) is 60.2 cm³/mol. The van der Waals surface area contributed by atoms with Gasteiger partial charge in [0.25, 0.3) is 0 Å². The van der Waals surface area contributed by atoms with Gasteiger partial charge >= 0.3 is 0 Å². The first-order chi connectivity index (χ1) is 6.20. The minimum absolute atomic E-state index is 1.18. The lowest BCUT2D eigenvalue weighted by molar-refractivity contribution is 0.433. The van der Waals surface area contributed by atoms with E-state index in [0.29, 0.717) is 0 Å². The number of rotatable bonds is 7. The molecule has 0 saturated carbocycles. The Morgan fingerprint density at radius 2 is 1.46 bits per heavy atom. The van der Waals surface area contributed by atoms with E-state index in [-0.39, 0.29) is 0 Å². The largest absolute Gasteiger partial charge is 0.303 e. The van der Waals surface area contributed by atoms with Crippen LogP contribution in [0.2, 0.25) is 0 Å². The van der Waals surface area contributed by atoms with Crippen molar-refractivity contribution < 1.29 is 0 Å². The molecule has 0 radical (unpaired) electrons. The second-order valence-electron chi connectivity index (χ2n) is 3.72. The van der Waals surface area contributed by atoms with Crippen molar-refractivity contribution in [3.63, 3.8) is 0 Å². The van der Waals surface area contributed by atoms with Crippen molar-refractivity contribution in [1.82, 2.24) is 5.01 Å². The first kappa shape index (κ1) is 12.5. The highest BCUT2D eigenvalue weighted by atomic mass is 15.4. The second kappa shape index (κ2) is 8.09. The molecular weight excluding hydrogens is 160 g/mol. The molecule has 0 N–H and O–H groups in total. The van der Waals surface area contributed by atoms with Gasteiger partial charge in [-0.2, -0.15) is 5.10 Å². The molecule has 78 valence electrons. The Hall–Kier alpha value is -0.530. The van der Waals surface area contributed by atoms with Crippen LogP contribution in [0.25, 0.3) is 0 Å². The number of hydrazone groups is 1. The monoisotopic (exact) mass is 184 g/mol. The fourth-order valence-electron chi connectivity index (χ4n) is 1.27. The SMILES string of the molecule is CCCCC(CCCC)=NN(C)C. The first-order valence-corrected chi connectivity index (χ1v) is 5.44. The smallest absolute Gasteiger partial charge is 0.0380 e. The summed E-state index contributed by atoms with van der Waals surface area (Å²) >= 11 is 0. The summed E-state index contributed by atoms with van der Waals surface area (Å²) in [7, 11) is 4.00. The molecule has 2 nitrogen and oxygen atoms in total. The van der Waals surface area contributed by atoms with Crippen molar-refractivity contribution in [3.05, 3.63) is 0 Å². The average molecular weight is 184 g/mol. The molecule has 0 aromatic carbocycles. The minimum Gasteiger partial charge on any atom is -0.303 e. The van der Waals surface area contributed by atoms with Gasteiger partial charge in [-0.25, -0.2) is 0 Å². The molecule has 0 atom stereocenters. The van der Waals surface area contributed by atoms with Crippen LogP contribution in [0, 0.1) is 0 Å². The van der Waals surface area contributed by atoms with Gasteiger partial charge in [0.15, 0.2) is 0 Å². The van der Waals surface area contributed by atoms with Crippen molar-refractivity contribution in [2.24, 2.45) is 5.10 Å². The summed E-state index contributed by atoms with van der Waals surface area (Å²) in [5, 5.41) is 6.42. The Labute approximate surface area is 83.0 Å². The molecule has 0 bridgehead atoms. The van der Waals surface area contributed by atoms with Gasteiger partial charge in [-0.1, -0.05) is 26.7 Å². The predicted octanol–water partition coefficient (Wildman–Crippen LogP) is 3.28. The van der Waals surface area contributed by atoms with E-state index in [2.05, 4.69) is 18.9 Å². The molecule has 0 fully saturated rings. The molecule has 13 heavy (non-hydrogen) atoms. The van der Waals surface area contributed by atoms with Gasteiger partial charge in [0.2, 0.25) is 0 Å². The lowest BCUT2D eigenvalue weighted by Crippen LogP contribution is -2.09. The maximum Gasteiger partial charge on any atom is 0.0380 e. The summed E-state index contributed by atoms with van der Waals surface area (Å²) in [6.07, 6.45) is 7.42. The third kappa shape index (κ3) is 7.82. The van der Waals surface area contributed by atoms with Gasteiger partial charge < -0.3 is 5.01 Å². The van der Waals surface area contributed by atoms with E-state index in [0.717, 1.165) is 0 Å². The summed E-state index contributed by atoms with van der Waals surface area (Å²) < 4.78 is 0. The van der Waals surface area contributed by atoms with E-state index in [4.69, 9.17) is 0 Å². The van der Waals surface area contributed by atoms with Crippen LogP contribution >= 0.6 is 0 Å². The third-order valence-corrected chi connectivity index (χ3v) is 1.98. The van der Waals surface area contributed by atoms with Crippen LogP contribution in [0.5, 0.6) is 0 Å². The van der Waals surface area contributed by atoms with Crippen LogP contribution in [0.4, 0.5) is 0 Å². The molecule has 0 unspecified atom stereocenters. The molecule has 0 aliphatic heterocycles. The quantitative estimate of drug-likeness (QED) is 0.438. The minimum atomic E-state index is 1.18. The molecule has 0 saturated heterocycles. The van der Waals surface area contributed by atoms with Gasteiger partial charge in [-0.3, -0.25) is 0 Å². The van der Waals surface area contributed by atoms with Crippen molar-refractivity contribution in [2.75, 3.05) is 14.1 Å². The second-order valence-corrected chi connectivity index (χ2v) is 3.72. The molecule has 0 aliphatic rings. The van der Waals surface area contributed by atoms with Gasteiger partial charge in [0.05, 0.1) is 0 Å². The lowest BCUT2D eigenvalue weighted by Gasteiger charge is -2.10. The molecule has 0 heterocycles. The molecule has 0 spiro atoms. The molecule has 2 heteroatoms. The Balaban J connectivity index is 3.87. The molecule has 0 aromatic heterocycles. The third-order valence-electron chi connectivity index (χ3n) is 1.98. The van der Waals surface area contributed by atoms with Crippen LogP contribution in [0.15, 0.2) is 5.10 Å². The topological polar surface area (TPSA) is 15.6 Å². The van der Waals surface area contributed by atoms with Gasteiger partial charge in [0, 0.05) is 19.8 Å². The Morgan fingerprint density at radius 1 is 1.00 bits per heavy atom. The Bertz CT molecular complexity index is 129. The number of nitrogens with zero attached hydrogens (tertiary/aromatic N) is 2. The lowest BCUT2D eigenvalue weighted by atomic mass is 10.1. The molecule has 0 aliphatic carbocycles. The van der Waals surface area contributed by atoms with Gasteiger partial charge in [-0.15, -0.1) is 0 Å². The van der Waals surface area contributed by atoms with E-state index < -0.39 is 0 Å². The summed E-state index contributed by atoms with van der Waals surface area (Å²) in [5.74, 6) is 0. The zero-order valence-corrected chi connectivity index (χ0v) is 9.64. The van der Waals surface area contributed by atoms with E-state index in [1.54, 1.807) is 0 Å². The number of hydrogen-bond donors (Lipinski definition) is 0. The van der Waals surface area contributed by atoms with Crippen LogP contribution < -0.4 is 0 Å². The number of unbranched alkanes of at least 4 members (excludes halogenated alkanes) is 2. The maximum absolute atomic E-state index is 4.50. The van der Waals surface area contributed by atoms with Crippen LogP contribution in [0.3, 0.4) is 0 Å². The summed E-state index contributed by atoms with van der Waals surface area (Å²) in [4.78, 5) is 0. The molecular formula is C11H24N2. The van der Waals surface area contributed by atoms with E-state index in [1.165, 1.54) is 44.2 Å². The highest BCUT2D eigenvalue weighted by Crippen LogP contribution is 2.05. The van der Waals surface area contributed by atoms with Crippen molar-refractivity contribution in [1.29, 1.82) is 0 Å². The highest BCUT2D eigenvalue weighted by Gasteiger charge is 1.99. The van der Waals surface area contributed by atoms with Crippen LogP contribution in [-0.4, -0.2) is 24.8 Å². The van der Waals surface area contributed by atoms with E-state index >= 15 is 0 Å². The Kier molecular flexibility index (Phi) is 7.76. The van der Waals surface area contributed by atoms with Crippen LogP contribution in [-0.2, 0) is 0 Å². The fourth-order valence-corrected chi connectivity index (χ4v) is 1.27. The van der Waals surface area contributed by atoms with Crippen molar-refractivity contribution in [3.8, 4) is 0 Å². The zero-order chi connectivity index (χ0) is 10.1. The summed E-state index contributed by atoms with van der Waals surface area (Å²) in [6.45, 7) is 4.46. The summed E-state index contributed by atoms with van der Waals surface area (Å²) in [6, 6.07) is 0. The van der Waals surface area contributed by atoms with Crippen LogP contribution in [0.1, 0.15) is 52.4 Å². The van der Waals surface area contributed by atoms with Crippen molar-refractivity contribution in [2.45, 2.75) is 52.4 Å². The van der Waals surface area contributed by atoms with Crippen molar-refractivity contribution >= 4 is 5.71 Å². The fraction of sp³-hybridized carbons (Fsp3) is 0.909. The molecule has 0 rings (SSSR count). The first-order valence-electron chi connectivity index (χ1n) is 5.44.